The lowest BCUT2D eigenvalue weighted by molar-refractivity contribution is 0.588. The van der Waals surface area contributed by atoms with Gasteiger partial charge in [0.25, 0.3) is 0 Å². The normalized spacial score (nSPS) is 16.7. The monoisotopic (exact) mass is 280 g/mol. The van der Waals surface area contributed by atoms with Crippen molar-refractivity contribution in [1.82, 2.24) is 5.32 Å². The van der Waals surface area contributed by atoms with Gasteiger partial charge in [-0.3, -0.25) is 0 Å². The van der Waals surface area contributed by atoms with Crippen LogP contribution in [0.2, 0.25) is 5.02 Å². The van der Waals surface area contributed by atoms with Gasteiger partial charge in [0.1, 0.15) is 0 Å². The number of rotatable bonds is 6. The summed E-state index contributed by atoms with van der Waals surface area (Å²) in [7, 11) is 2.17. The molecule has 0 saturated heterocycles. The van der Waals surface area contributed by atoms with E-state index < -0.39 is 0 Å². The summed E-state index contributed by atoms with van der Waals surface area (Å²) in [6.07, 6.45) is 2.74. The molecule has 0 amide bonds. The second-order valence-electron chi connectivity index (χ2n) is 6.00. The maximum atomic E-state index is 6.39. The fraction of sp³-hybridized carbons (Fsp3) is 0.625. The lowest BCUT2D eigenvalue weighted by atomic mass is 10.1. The molecule has 1 aromatic carbocycles. The van der Waals surface area contributed by atoms with Crippen LogP contribution in [0.4, 0.5) is 5.69 Å². The Balaban J connectivity index is 2.04. The molecule has 1 aromatic rings. The smallest absolute Gasteiger partial charge is 0.0471 e. The van der Waals surface area contributed by atoms with E-state index in [9.17, 15) is 0 Å². The highest BCUT2D eigenvalue weighted by atomic mass is 35.5. The van der Waals surface area contributed by atoms with Crippen molar-refractivity contribution < 1.29 is 0 Å². The van der Waals surface area contributed by atoms with Gasteiger partial charge < -0.3 is 10.2 Å². The van der Waals surface area contributed by atoms with E-state index in [1.807, 2.05) is 0 Å². The van der Waals surface area contributed by atoms with Crippen molar-refractivity contribution >= 4 is 17.3 Å². The molecule has 1 aliphatic rings. The lowest BCUT2D eigenvalue weighted by Gasteiger charge is -2.27. The fourth-order valence-corrected chi connectivity index (χ4v) is 2.58. The Morgan fingerprint density at radius 3 is 2.53 bits per heavy atom. The van der Waals surface area contributed by atoms with Gasteiger partial charge in [-0.15, -0.1) is 0 Å². The molecule has 1 unspecified atom stereocenters. The van der Waals surface area contributed by atoms with E-state index in [0.717, 1.165) is 17.5 Å². The molecule has 0 radical (unpaired) electrons. The second kappa shape index (κ2) is 6.15. The first-order valence-corrected chi connectivity index (χ1v) is 7.61. The summed E-state index contributed by atoms with van der Waals surface area (Å²) < 4.78 is 0. The number of hydrogen-bond donors (Lipinski definition) is 1. The number of benzene rings is 1. The summed E-state index contributed by atoms with van der Waals surface area (Å²) in [6, 6.07) is 7.51. The van der Waals surface area contributed by atoms with E-state index in [4.69, 9.17) is 11.6 Å². The topological polar surface area (TPSA) is 15.3 Å². The first kappa shape index (κ1) is 14.7. The third-order valence-corrected chi connectivity index (χ3v) is 4.41. The van der Waals surface area contributed by atoms with Crippen LogP contribution in [0.5, 0.6) is 0 Å². The van der Waals surface area contributed by atoms with Gasteiger partial charge in [0.15, 0.2) is 0 Å². The van der Waals surface area contributed by atoms with Crippen LogP contribution in [0.25, 0.3) is 0 Å². The summed E-state index contributed by atoms with van der Waals surface area (Å²) in [4.78, 5) is 2.35. The Kier molecular flexibility index (Phi) is 4.75. The predicted molar refractivity (Wildman–Crippen MR) is 84.0 cm³/mol. The van der Waals surface area contributed by atoms with Crippen LogP contribution in [-0.4, -0.2) is 19.1 Å². The van der Waals surface area contributed by atoms with Crippen molar-refractivity contribution in [2.75, 3.05) is 11.9 Å². The van der Waals surface area contributed by atoms with Crippen molar-refractivity contribution in [3.05, 3.63) is 28.8 Å². The minimum absolute atomic E-state index is 0.480. The molecular formula is C16H25ClN2. The Bertz CT molecular complexity index is 427. The van der Waals surface area contributed by atoms with Gasteiger partial charge in [0.2, 0.25) is 0 Å². The van der Waals surface area contributed by atoms with Crippen molar-refractivity contribution in [3.8, 4) is 0 Å². The van der Waals surface area contributed by atoms with Gasteiger partial charge in [0.05, 0.1) is 0 Å². The fourth-order valence-electron chi connectivity index (χ4n) is 2.34. The molecule has 3 heteroatoms. The van der Waals surface area contributed by atoms with E-state index in [1.54, 1.807) is 0 Å². The van der Waals surface area contributed by atoms with Gasteiger partial charge in [-0.25, -0.2) is 0 Å². The quantitative estimate of drug-likeness (QED) is 0.845. The van der Waals surface area contributed by atoms with Crippen molar-refractivity contribution in [2.45, 2.75) is 52.2 Å². The highest BCUT2D eigenvalue weighted by Crippen LogP contribution is 2.36. The third kappa shape index (κ3) is 3.87. The van der Waals surface area contributed by atoms with Crippen molar-refractivity contribution in [2.24, 2.45) is 5.92 Å². The van der Waals surface area contributed by atoms with Crippen molar-refractivity contribution in [1.29, 1.82) is 0 Å². The summed E-state index contributed by atoms with van der Waals surface area (Å²) in [5.41, 5.74) is 2.39. The Morgan fingerprint density at radius 1 is 1.32 bits per heavy atom. The molecule has 106 valence electrons. The number of nitrogens with one attached hydrogen (secondary N) is 1. The van der Waals surface area contributed by atoms with Crippen LogP contribution in [0.15, 0.2) is 18.2 Å². The standard InChI is InChI=1S/C16H25ClN2/c1-11(2)18-10-14-7-8-15(9-16(14)17)19(4)12(3)13-5-6-13/h7-9,11-13,18H,5-6,10H2,1-4H3. The van der Waals surface area contributed by atoms with Crippen molar-refractivity contribution in [3.63, 3.8) is 0 Å². The Labute approximate surface area is 122 Å². The minimum Gasteiger partial charge on any atom is -0.372 e. The van der Waals surface area contributed by atoms with Crippen LogP contribution in [0, 0.1) is 5.92 Å². The number of hydrogen-bond acceptors (Lipinski definition) is 2. The van der Waals surface area contributed by atoms with Gasteiger partial charge in [-0.05, 0) is 43.4 Å². The van der Waals surface area contributed by atoms with Crippen LogP contribution in [-0.2, 0) is 6.54 Å². The van der Waals surface area contributed by atoms with E-state index in [2.05, 4.69) is 56.2 Å². The molecule has 0 spiro atoms. The molecule has 2 rings (SSSR count). The van der Waals surface area contributed by atoms with E-state index in [0.29, 0.717) is 12.1 Å². The molecule has 1 saturated carbocycles. The summed E-state index contributed by atoms with van der Waals surface area (Å²) >= 11 is 6.39. The number of halogens is 1. The summed E-state index contributed by atoms with van der Waals surface area (Å²) in [6.45, 7) is 7.43. The van der Waals surface area contributed by atoms with Gasteiger partial charge in [-0.2, -0.15) is 0 Å². The van der Waals surface area contributed by atoms with E-state index in [1.165, 1.54) is 24.1 Å². The molecule has 19 heavy (non-hydrogen) atoms. The highest BCUT2D eigenvalue weighted by Gasteiger charge is 2.30. The molecule has 0 bridgehead atoms. The SMILES string of the molecule is CC(C)NCc1ccc(N(C)C(C)C2CC2)cc1Cl. The Morgan fingerprint density at radius 2 is 2.00 bits per heavy atom. The maximum absolute atomic E-state index is 6.39. The highest BCUT2D eigenvalue weighted by molar-refractivity contribution is 6.31. The summed E-state index contributed by atoms with van der Waals surface area (Å²) in [5, 5.41) is 4.27. The predicted octanol–water partition coefficient (Wildman–Crippen LogP) is 4.07. The molecule has 1 atom stereocenters. The van der Waals surface area contributed by atoms with Gasteiger partial charge in [-0.1, -0.05) is 31.5 Å². The minimum atomic E-state index is 0.480. The zero-order chi connectivity index (χ0) is 14.0. The maximum Gasteiger partial charge on any atom is 0.0471 e. The van der Waals surface area contributed by atoms with Crippen LogP contribution in [0.3, 0.4) is 0 Å². The molecular weight excluding hydrogens is 256 g/mol. The molecule has 0 aromatic heterocycles. The van der Waals surface area contributed by atoms with E-state index >= 15 is 0 Å². The largest absolute Gasteiger partial charge is 0.372 e. The molecule has 1 aliphatic carbocycles. The average molecular weight is 281 g/mol. The number of nitrogens with zero attached hydrogens (tertiary/aromatic N) is 1. The molecule has 1 N–H and O–H groups in total. The second-order valence-corrected chi connectivity index (χ2v) is 6.41. The molecule has 1 fully saturated rings. The van der Waals surface area contributed by atoms with E-state index in [-0.39, 0.29) is 0 Å². The molecule has 2 nitrogen and oxygen atoms in total. The van der Waals surface area contributed by atoms with Crippen LogP contribution < -0.4 is 10.2 Å². The van der Waals surface area contributed by atoms with Gasteiger partial charge >= 0.3 is 0 Å². The van der Waals surface area contributed by atoms with Gasteiger partial charge in [0, 0.05) is 36.4 Å². The number of anilines is 1. The zero-order valence-corrected chi connectivity index (χ0v) is 13.2. The Hall–Kier alpha value is -0.730. The first-order chi connectivity index (χ1) is 8.99. The van der Waals surface area contributed by atoms with Crippen LogP contribution >= 0.6 is 11.6 Å². The third-order valence-electron chi connectivity index (χ3n) is 4.06. The van der Waals surface area contributed by atoms with Crippen LogP contribution in [0.1, 0.15) is 39.2 Å². The molecule has 0 heterocycles. The zero-order valence-electron chi connectivity index (χ0n) is 12.4. The summed E-state index contributed by atoms with van der Waals surface area (Å²) in [5.74, 6) is 0.867. The lowest BCUT2D eigenvalue weighted by Crippen LogP contribution is -2.30. The first-order valence-electron chi connectivity index (χ1n) is 7.23. The average Bonchev–Trinajstić information content (AvgIpc) is 3.19. The molecule has 0 aliphatic heterocycles.